The van der Waals surface area contributed by atoms with Crippen LogP contribution in [0.25, 0.3) is 0 Å². The van der Waals surface area contributed by atoms with Crippen LogP contribution in [-0.2, 0) is 36.8 Å². The lowest BCUT2D eigenvalue weighted by Crippen LogP contribution is -2.32. The average Bonchev–Trinajstić information content (AvgIpc) is 3.84. The van der Waals surface area contributed by atoms with Crippen molar-refractivity contribution in [3.63, 3.8) is 0 Å². The minimum Gasteiger partial charge on any atom is -0.475 e. The highest BCUT2D eigenvalue weighted by atomic mass is 127. The van der Waals surface area contributed by atoms with Gasteiger partial charge >= 0.3 is 23.6 Å². The number of halogens is 3. The van der Waals surface area contributed by atoms with E-state index in [1.807, 2.05) is 48.5 Å². The van der Waals surface area contributed by atoms with Crippen molar-refractivity contribution < 1.29 is 53.0 Å². The fourth-order valence-electron chi connectivity index (χ4n) is 5.17. The zero-order chi connectivity index (χ0) is 47.6. The molecule has 0 aliphatic carbocycles. The lowest BCUT2D eigenvalue weighted by Gasteiger charge is -2.22. The molecule has 0 radical (unpaired) electrons. The van der Waals surface area contributed by atoms with Gasteiger partial charge in [0.2, 0.25) is 17.5 Å². The van der Waals surface area contributed by atoms with Crippen molar-refractivity contribution in [2.75, 3.05) is 88.3 Å². The molecule has 2 aromatic carbocycles. The molecule has 2 amide bonds. The Morgan fingerprint density at radius 3 is 1.51 bits per heavy atom. The van der Waals surface area contributed by atoms with Crippen LogP contribution in [0, 0.1) is 27.4 Å². The number of amides is 2. The van der Waals surface area contributed by atoms with Crippen LogP contribution in [0.15, 0.2) is 60.7 Å². The molecule has 5 N–H and O–H groups in total. The second-order valence-electron chi connectivity index (χ2n) is 12.6. The number of hydrogen-bond donors (Lipinski definition) is 3. The van der Waals surface area contributed by atoms with Crippen LogP contribution >= 0.6 is 56.8 Å². The number of nitrogens with two attached hydrogens (primary N) is 2. The SMILES string of the molecule is C.C.C.C1CCOC1.CCOC(=O)N(Cc1ccc(I)cc1)c1cc(Cl)nc(N)c1[N+](=O)[O-].CCOC(=O)N(Cc1ccc(I)cc1)c1cc(OCCOC)nc(N)c1[N+](=O)[O-].COCCO. The first-order valence-corrected chi connectivity index (χ1v) is 21.9. The molecule has 3 heterocycles. The zero-order valence-electron chi connectivity index (χ0n) is 35.6. The maximum absolute atomic E-state index is 12.6. The maximum atomic E-state index is 12.6. The van der Waals surface area contributed by atoms with Crippen LogP contribution in [0.4, 0.5) is 44.0 Å². The van der Waals surface area contributed by atoms with E-state index in [1.54, 1.807) is 21.0 Å². The van der Waals surface area contributed by atoms with Crippen LogP contribution < -0.4 is 26.0 Å². The lowest BCUT2D eigenvalue weighted by atomic mass is 10.2. The second kappa shape index (κ2) is 35.2. The summed E-state index contributed by atoms with van der Waals surface area (Å²) in [5.74, 6) is -0.696. The van der Waals surface area contributed by atoms with E-state index in [0.29, 0.717) is 6.61 Å². The maximum Gasteiger partial charge on any atom is 0.414 e. The van der Waals surface area contributed by atoms with E-state index in [9.17, 15) is 29.8 Å². The minimum atomic E-state index is -0.748. The third-order valence-corrected chi connectivity index (χ3v) is 9.67. The monoisotopic (exact) mass is 1190 g/mol. The number of carbonyl (C=O) groups excluding carboxylic acids is 2. The predicted octanol–water partition coefficient (Wildman–Crippen LogP) is 9.69. The number of nitrogens with zero attached hydrogens (tertiary/aromatic N) is 6. The van der Waals surface area contributed by atoms with Crippen molar-refractivity contribution in [1.29, 1.82) is 0 Å². The number of methoxy groups -OCH3 is 2. The Morgan fingerprint density at radius 1 is 0.746 bits per heavy atom. The third kappa shape index (κ3) is 22.6. The molecule has 1 fully saturated rings. The molecular weight excluding hydrogens is 1130 g/mol. The number of pyridine rings is 2. The van der Waals surface area contributed by atoms with Crippen molar-refractivity contribution in [1.82, 2.24) is 9.97 Å². The molecule has 1 aliphatic rings. The highest BCUT2D eigenvalue weighted by molar-refractivity contribution is 14.1. The third-order valence-electron chi connectivity index (χ3n) is 8.04. The number of benzene rings is 2. The van der Waals surface area contributed by atoms with Gasteiger partial charge in [0.15, 0.2) is 0 Å². The fourth-order valence-corrected chi connectivity index (χ4v) is 6.08. The van der Waals surface area contributed by atoms with Gasteiger partial charge in [0, 0.05) is 46.7 Å². The predicted molar refractivity (Wildman–Crippen MR) is 277 cm³/mol. The van der Waals surface area contributed by atoms with E-state index in [0.717, 1.165) is 41.3 Å². The van der Waals surface area contributed by atoms with Crippen LogP contribution in [0.2, 0.25) is 5.15 Å². The topological polar surface area (TPSA) is 280 Å². The Kier molecular flexibility index (Phi) is 33.7. The molecular formula is C43H63ClI2N8O13. The summed E-state index contributed by atoms with van der Waals surface area (Å²) in [5.41, 5.74) is 11.8. The molecule has 1 saturated heterocycles. The Hall–Kier alpha value is -4.93. The molecule has 0 spiro atoms. The van der Waals surface area contributed by atoms with Crippen molar-refractivity contribution in [3.8, 4) is 5.88 Å². The summed E-state index contributed by atoms with van der Waals surface area (Å²) in [4.78, 5) is 56.5. The molecule has 0 bridgehead atoms. The van der Waals surface area contributed by atoms with Crippen LogP contribution in [-0.4, -0.2) is 104 Å². The molecule has 1 aliphatic heterocycles. The first kappa shape index (κ1) is 64.2. The number of aliphatic hydroxyl groups is 1. The van der Waals surface area contributed by atoms with Gasteiger partial charge in [-0.3, -0.25) is 30.0 Å². The van der Waals surface area contributed by atoms with Crippen LogP contribution in [0.5, 0.6) is 5.88 Å². The number of aliphatic hydroxyl groups excluding tert-OH is 1. The molecule has 4 aromatic rings. The first-order chi connectivity index (χ1) is 30.6. The van der Waals surface area contributed by atoms with Crippen molar-refractivity contribution in [2.45, 2.75) is 62.1 Å². The summed E-state index contributed by atoms with van der Waals surface area (Å²) in [6, 6.07) is 17.2. The average molecular weight is 1190 g/mol. The largest absolute Gasteiger partial charge is 0.475 e. The van der Waals surface area contributed by atoms with E-state index in [-0.39, 0.29) is 102 Å². The number of anilines is 4. The highest BCUT2D eigenvalue weighted by Crippen LogP contribution is 2.38. The van der Waals surface area contributed by atoms with Gasteiger partial charge in [-0.25, -0.2) is 14.6 Å². The Balaban J connectivity index is 0. The Bertz CT molecular complexity index is 2080. The number of aromatic nitrogens is 2. The van der Waals surface area contributed by atoms with E-state index in [2.05, 4.69) is 59.9 Å². The summed E-state index contributed by atoms with van der Waals surface area (Å²) in [6.07, 6.45) is 1.06. The molecule has 67 heavy (non-hydrogen) atoms. The van der Waals surface area contributed by atoms with Crippen molar-refractivity contribution in [3.05, 3.63) is 104 Å². The van der Waals surface area contributed by atoms with Gasteiger partial charge in [-0.2, -0.15) is 4.98 Å². The van der Waals surface area contributed by atoms with Gasteiger partial charge in [-0.05, 0) is 107 Å². The van der Waals surface area contributed by atoms with E-state index in [1.165, 1.54) is 32.1 Å². The first-order valence-electron chi connectivity index (χ1n) is 19.3. The van der Waals surface area contributed by atoms with Gasteiger partial charge in [0.25, 0.3) is 0 Å². The molecule has 0 unspecified atom stereocenters. The van der Waals surface area contributed by atoms with Gasteiger partial charge in [0.1, 0.15) is 23.1 Å². The molecule has 0 saturated carbocycles. The number of carbonyl (C=O) groups is 2. The van der Waals surface area contributed by atoms with Gasteiger partial charge in [-0.1, -0.05) is 58.1 Å². The molecule has 374 valence electrons. The summed E-state index contributed by atoms with van der Waals surface area (Å²) in [7, 11) is 3.06. The number of ether oxygens (including phenoxy) is 6. The van der Waals surface area contributed by atoms with Crippen molar-refractivity contribution >= 4 is 103 Å². The number of hydrogen-bond acceptors (Lipinski definition) is 17. The Morgan fingerprint density at radius 2 is 1.16 bits per heavy atom. The molecule has 21 nitrogen and oxygen atoms in total. The molecule has 24 heteroatoms. The standard InChI is InChI=1S/C18H21IN4O6.C15H14ClIN4O4.C4H8O.C3H8O2.3CH4/c1-3-28-18(24)22(11-12-4-6-13(19)7-5-12)14-10-15(29-9-8-27-2)21-17(20)16(14)23(25)26;1-2-25-15(22)20(8-9-3-5-10(17)6-4-9)11-7-12(16)19-14(18)13(11)21(23)24;1-2-4-5-3-1;1-5-3-2-4;;;/h4-7,10H,3,8-9,11H2,1-2H3,(H2,20,21);3-7H,2,8H2,1H3,(H2,18,19);1-4H2;4H,2-3H2,1H3;3*1H4. The lowest BCUT2D eigenvalue weighted by molar-refractivity contribution is -0.383. The van der Waals surface area contributed by atoms with E-state index < -0.39 is 33.4 Å². The summed E-state index contributed by atoms with van der Waals surface area (Å²) in [5, 5.41) is 30.9. The highest BCUT2D eigenvalue weighted by Gasteiger charge is 2.32. The quantitative estimate of drug-likeness (QED) is 0.0309. The summed E-state index contributed by atoms with van der Waals surface area (Å²) < 4.78 is 31.9. The normalized spacial score (nSPS) is 10.8. The number of nitrogen functional groups attached to an aromatic ring is 2. The smallest absolute Gasteiger partial charge is 0.414 e. The van der Waals surface area contributed by atoms with Crippen LogP contribution in [0.3, 0.4) is 0 Å². The van der Waals surface area contributed by atoms with Gasteiger partial charge in [-0.15, -0.1) is 0 Å². The number of rotatable bonds is 16. The molecule has 2 aromatic heterocycles. The second-order valence-corrected chi connectivity index (χ2v) is 15.5. The van der Waals surface area contributed by atoms with Gasteiger partial charge < -0.3 is 45.0 Å². The van der Waals surface area contributed by atoms with E-state index in [4.69, 9.17) is 51.9 Å². The van der Waals surface area contributed by atoms with Gasteiger partial charge in [0.05, 0.1) is 56.0 Å². The summed E-state index contributed by atoms with van der Waals surface area (Å²) in [6.45, 7) is 6.62. The van der Waals surface area contributed by atoms with E-state index >= 15 is 0 Å². The van der Waals surface area contributed by atoms with Crippen molar-refractivity contribution in [2.24, 2.45) is 0 Å². The number of nitro groups is 2. The van der Waals surface area contributed by atoms with Crippen LogP contribution in [0.1, 0.15) is 60.1 Å². The molecule has 5 rings (SSSR count). The summed E-state index contributed by atoms with van der Waals surface area (Å²) >= 11 is 10.2. The minimum absolute atomic E-state index is 0. The molecule has 0 atom stereocenters. The fraction of sp³-hybridized carbons (Fsp3) is 0.442. The Labute approximate surface area is 424 Å². The zero-order valence-corrected chi connectivity index (χ0v) is 40.6.